The van der Waals surface area contributed by atoms with Crippen LogP contribution in [0.2, 0.25) is 5.15 Å². The highest BCUT2D eigenvalue weighted by molar-refractivity contribution is 7.18. The molecule has 16 heteroatoms. The van der Waals surface area contributed by atoms with Crippen LogP contribution in [0, 0.1) is 13.5 Å². The molecule has 0 radical (unpaired) electrons. The Bertz CT molecular complexity index is 3680. The number of aryl methyl sites for hydroxylation is 3. The molecular formula is C73H96ClN11O3S. The summed E-state index contributed by atoms with van der Waals surface area (Å²) < 4.78 is 15.7. The number of hydrogen-bond acceptors (Lipinski definition) is 11. The minimum absolute atomic E-state index is 0.0504. The summed E-state index contributed by atoms with van der Waals surface area (Å²) in [4.78, 5) is 30.3. The van der Waals surface area contributed by atoms with Crippen molar-refractivity contribution in [2.24, 2.45) is 14.1 Å². The van der Waals surface area contributed by atoms with E-state index in [4.69, 9.17) is 33.4 Å². The van der Waals surface area contributed by atoms with E-state index in [1.54, 1.807) is 47.6 Å². The van der Waals surface area contributed by atoms with Crippen LogP contribution in [0.25, 0.3) is 26.0 Å². The molecule has 0 unspecified atom stereocenters. The van der Waals surface area contributed by atoms with E-state index in [0.29, 0.717) is 71.7 Å². The van der Waals surface area contributed by atoms with Crippen LogP contribution in [-0.4, -0.2) is 57.7 Å². The van der Waals surface area contributed by atoms with Crippen molar-refractivity contribution in [3.05, 3.63) is 223 Å². The second-order valence-corrected chi connectivity index (χ2v) is 25.8. The van der Waals surface area contributed by atoms with Crippen LogP contribution in [0.5, 0.6) is 11.5 Å². The molecule has 474 valence electrons. The van der Waals surface area contributed by atoms with Crippen molar-refractivity contribution in [3.8, 4) is 11.5 Å². The molecule has 11 rings (SSSR count). The van der Waals surface area contributed by atoms with E-state index in [9.17, 15) is 4.79 Å². The van der Waals surface area contributed by atoms with E-state index in [-0.39, 0.29) is 5.56 Å². The maximum atomic E-state index is 11.0. The highest BCUT2D eigenvalue weighted by atomic mass is 35.5. The fraction of sp³-hybridized carbons (Fsp3) is 0.397. The number of anilines is 1. The third-order valence-corrected chi connectivity index (χ3v) is 15.3. The normalized spacial score (nSPS) is 11.2. The van der Waals surface area contributed by atoms with Crippen molar-refractivity contribution in [2.75, 3.05) is 18.9 Å². The number of nitrogens with two attached hydrogens (primary N) is 1. The lowest BCUT2D eigenvalue weighted by Gasteiger charge is -2.19. The summed E-state index contributed by atoms with van der Waals surface area (Å²) in [6.45, 7) is 44.6. The molecule has 89 heavy (non-hydrogen) atoms. The summed E-state index contributed by atoms with van der Waals surface area (Å²) >= 11 is 7.45. The number of nitrogens with zero attached hydrogens (tertiary/aromatic N) is 9. The summed E-state index contributed by atoms with van der Waals surface area (Å²) in [7, 11) is 3.73. The van der Waals surface area contributed by atoms with Crippen LogP contribution in [0.4, 0.5) is 11.6 Å². The van der Waals surface area contributed by atoms with Gasteiger partial charge in [-0.25, -0.2) is 24.8 Å². The van der Waals surface area contributed by atoms with Gasteiger partial charge in [-0.1, -0.05) is 171 Å². The van der Waals surface area contributed by atoms with Crippen LogP contribution in [0.15, 0.2) is 151 Å². The van der Waals surface area contributed by atoms with E-state index in [0.717, 1.165) is 38.8 Å². The van der Waals surface area contributed by atoms with Gasteiger partial charge in [0.25, 0.3) is 0 Å². The second-order valence-electron chi connectivity index (χ2n) is 24.2. The van der Waals surface area contributed by atoms with Crippen molar-refractivity contribution in [1.29, 1.82) is 0 Å². The van der Waals surface area contributed by atoms with Gasteiger partial charge < -0.3 is 19.8 Å². The Morgan fingerprint density at radius 2 is 1.07 bits per heavy atom. The van der Waals surface area contributed by atoms with Gasteiger partial charge in [0.1, 0.15) is 18.4 Å². The minimum Gasteiger partial charge on any atom is -0.486 e. The van der Waals surface area contributed by atoms with E-state index in [1.165, 1.54) is 49.0 Å². The molecule has 1 aliphatic heterocycles. The number of hydrogen-bond donors (Lipinski definition) is 2. The Morgan fingerprint density at radius 1 is 0.562 bits per heavy atom. The van der Waals surface area contributed by atoms with E-state index in [1.807, 2.05) is 78.9 Å². The van der Waals surface area contributed by atoms with E-state index in [2.05, 4.69) is 213 Å². The molecule has 10 aromatic rings. The number of halogens is 1. The molecule has 0 spiro atoms. The zero-order valence-electron chi connectivity index (χ0n) is 56.0. The van der Waals surface area contributed by atoms with Gasteiger partial charge in [-0.3, -0.25) is 14.6 Å². The lowest BCUT2D eigenvalue weighted by molar-refractivity contribution is 0.171. The summed E-state index contributed by atoms with van der Waals surface area (Å²) in [5.74, 6) is 6.45. The zero-order valence-corrected chi connectivity index (χ0v) is 57.6. The number of rotatable bonds is 8. The van der Waals surface area contributed by atoms with Crippen molar-refractivity contribution in [1.82, 2.24) is 44.5 Å². The monoisotopic (exact) mass is 1240 g/mol. The van der Waals surface area contributed by atoms with Gasteiger partial charge in [0.15, 0.2) is 17.2 Å². The van der Waals surface area contributed by atoms with Crippen molar-refractivity contribution < 1.29 is 9.47 Å². The summed E-state index contributed by atoms with van der Waals surface area (Å²) in [6, 6.07) is 34.3. The van der Waals surface area contributed by atoms with Crippen LogP contribution in [0.3, 0.4) is 0 Å². The Labute approximate surface area is 539 Å². The number of aromatic amines is 1. The SMILES string of the molecule is CC(C)c1ccc(=O)n(C)c1.CC(C)c1ccc2c(c1)OCCO2.CC(C)c1ccc2nn(C)cc2c1.CC(C)c1ccnc(Cl)c1.CC(C)c1cn[nH]c1.CC(C)c1cnc(N)nc1.Cc1nc2ccc(C(C)C)cc2s1.[C-]#[N+]c1ccc(C(C)C)cc1. The number of benzene rings is 4. The Balaban J connectivity index is 0.000000218. The van der Waals surface area contributed by atoms with Crippen LogP contribution < -0.4 is 20.8 Å². The Morgan fingerprint density at radius 3 is 1.57 bits per heavy atom. The topological polar surface area (TPSA) is 169 Å². The van der Waals surface area contributed by atoms with Gasteiger partial charge in [0.05, 0.1) is 33.5 Å². The van der Waals surface area contributed by atoms with Gasteiger partial charge in [-0.05, 0) is 147 Å². The second kappa shape index (κ2) is 37.0. The first-order valence-electron chi connectivity index (χ1n) is 30.7. The van der Waals surface area contributed by atoms with E-state index >= 15 is 0 Å². The highest BCUT2D eigenvalue weighted by Gasteiger charge is 2.13. The predicted octanol–water partition coefficient (Wildman–Crippen LogP) is 19.4. The zero-order chi connectivity index (χ0) is 65.9. The molecule has 14 nitrogen and oxygen atoms in total. The third-order valence-electron chi connectivity index (χ3n) is 14.2. The summed E-state index contributed by atoms with van der Waals surface area (Å²) in [5, 5.41) is 13.9. The largest absolute Gasteiger partial charge is 0.486 e. The minimum atomic E-state index is 0.0504. The molecule has 4 aromatic carbocycles. The number of aromatic nitrogens is 9. The number of thiazole rings is 1. The van der Waals surface area contributed by atoms with E-state index < -0.39 is 0 Å². The Hall–Kier alpha value is -8.19. The first kappa shape index (κ1) is 73.3. The van der Waals surface area contributed by atoms with Crippen molar-refractivity contribution in [3.63, 3.8) is 0 Å². The lowest BCUT2D eigenvalue weighted by Crippen LogP contribution is -2.15. The van der Waals surface area contributed by atoms with Gasteiger partial charge in [0.2, 0.25) is 11.5 Å². The molecule has 7 heterocycles. The smallest absolute Gasteiger partial charge is 0.250 e. The highest BCUT2D eigenvalue weighted by Crippen LogP contribution is 2.33. The average Bonchev–Trinajstić information content (AvgIpc) is 3.00. The third kappa shape index (κ3) is 25.4. The van der Waals surface area contributed by atoms with Gasteiger partial charge in [0, 0.05) is 62.7 Å². The van der Waals surface area contributed by atoms with Crippen molar-refractivity contribution >= 4 is 55.7 Å². The fourth-order valence-corrected chi connectivity index (χ4v) is 9.31. The number of H-pyrrole nitrogens is 1. The summed E-state index contributed by atoms with van der Waals surface area (Å²) in [5.41, 5.74) is 18.5. The molecule has 0 saturated heterocycles. The van der Waals surface area contributed by atoms with Gasteiger partial charge in [-0.15, -0.1) is 11.3 Å². The van der Waals surface area contributed by atoms with Crippen molar-refractivity contribution in [2.45, 2.75) is 165 Å². The maximum Gasteiger partial charge on any atom is 0.250 e. The molecule has 0 atom stereocenters. The van der Waals surface area contributed by atoms with Crippen LogP contribution in [0.1, 0.15) is 208 Å². The molecule has 0 aliphatic carbocycles. The number of pyridine rings is 2. The fourth-order valence-electron chi connectivity index (χ4n) is 8.25. The number of ether oxygens (including phenoxy) is 2. The molecule has 3 N–H and O–H groups in total. The molecule has 0 amide bonds. The first-order valence-corrected chi connectivity index (χ1v) is 31.9. The quantitative estimate of drug-likeness (QED) is 0.110. The number of fused-ring (bicyclic) bond motifs is 3. The van der Waals surface area contributed by atoms with Gasteiger partial charge >= 0.3 is 0 Å². The number of nitrogen functional groups attached to an aromatic ring is 1. The maximum absolute atomic E-state index is 11.0. The average molecular weight is 1240 g/mol. The summed E-state index contributed by atoms with van der Waals surface area (Å²) in [6.07, 6.45) is 13.0. The predicted molar refractivity (Wildman–Crippen MR) is 374 cm³/mol. The Kier molecular flexibility index (Phi) is 30.4. The molecule has 0 bridgehead atoms. The molecule has 6 aromatic heterocycles. The van der Waals surface area contributed by atoms with Crippen LogP contribution >= 0.6 is 22.9 Å². The molecule has 0 saturated carbocycles. The van der Waals surface area contributed by atoms with Gasteiger partial charge in [-0.2, -0.15) is 10.2 Å². The lowest BCUT2D eigenvalue weighted by atomic mass is 10.0. The molecule has 1 aliphatic rings. The molecule has 0 fully saturated rings. The molecular weight excluding hydrogens is 1150 g/mol. The number of nitrogens with one attached hydrogen (secondary N) is 1. The first-order chi connectivity index (χ1) is 42.1. The van der Waals surface area contributed by atoms with Crippen LogP contribution in [-0.2, 0) is 14.1 Å². The standard InChI is InChI=1S/C11H14N2.C11H13NS.C11H14O2.C10H11N.C9H13NO.C8H10ClN.C7H11N3.C6H10N2/c1-8(2)9-4-5-11-10(6-9)7-13(3)12-11;1-7(2)9-4-5-10-11(6-9)13-8(3)12-10;1-8(2)9-3-4-10-11(7-9)13-6-5-12-10;1-8(2)9-4-6-10(11-3)7-5-9;1-7(2)8-4-5-9(11)10(3)6-8;1-6(2)7-3-4-10-8(9)5-7;1-5(2)6-3-9-7(8)10-4-6;1-5(2)6-3-7-8-4-6/h4-8H,1-3H3;4-7H,1-3H3;3-4,7-8H,5-6H2,1-2H3;4-8H,1-2H3;4-7H,1-3H3;3-6H,1-2H3;3-5H,1-2H3,(H2,8,9,10);3-5H,1-2H3,(H,7,8).